The van der Waals surface area contributed by atoms with Gasteiger partial charge in [0.1, 0.15) is 0 Å². The molecule has 1 amide bonds. The van der Waals surface area contributed by atoms with Crippen LogP contribution in [-0.4, -0.2) is 28.5 Å². The third-order valence-electron chi connectivity index (χ3n) is 6.73. The molecule has 5 rings (SSSR count). The molecule has 2 N–H and O–H groups in total. The van der Waals surface area contributed by atoms with Gasteiger partial charge in [-0.25, -0.2) is 0 Å². The van der Waals surface area contributed by atoms with Gasteiger partial charge in [0.2, 0.25) is 5.91 Å². The first-order valence-corrected chi connectivity index (χ1v) is 11.4. The second-order valence-electron chi connectivity index (χ2n) is 10.2. The smallest absolute Gasteiger partial charge is 0.395 e. The van der Waals surface area contributed by atoms with Gasteiger partial charge in [-0.2, -0.15) is 0 Å². The number of benzene rings is 2. The lowest BCUT2D eigenvalue weighted by atomic mass is 9.92. The number of carbonyl (C=O) groups excluding carboxylic acids is 1. The maximum absolute atomic E-state index is 13.4. The molecule has 1 aliphatic heterocycles. The van der Waals surface area contributed by atoms with Crippen molar-refractivity contribution in [2.45, 2.75) is 64.2 Å². The number of rotatable bonds is 5. The van der Waals surface area contributed by atoms with Crippen molar-refractivity contribution in [1.29, 1.82) is 0 Å². The fraction of sp³-hybridized carbons (Fsp3) is 0.423. The normalized spacial score (nSPS) is 17.7. The van der Waals surface area contributed by atoms with Crippen LogP contribution in [0, 0.1) is 6.92 Å². The molecular weight excluding hydrogens is 442 g/mol. The fourth-order valence-electron chi connectivity index (χ4n) is 4.77. The first kappa shape index (κ1) is 22.7. The van der Waals surface area contributed by atoms with Crippen molar-refractivity contribution in [3.8, 4) is 11.5 Å². The Labute approximate surface area is 196 Å². The Bertz CT molecular complexity index is 1300. The summed E-state index contributed by atoms with van der Waals surface area (Å²) in [5.41, 5.74) is 3.46. The summed E-state index contributed by atoms with van der Waals surface area (Å²) in [5, 5.41) is 13.6. The maximum atomic E-state index is 13.4. The largest absolute Gasteiger partial charge is 0.586 e. The molecule has 1 aliphatic carbocycles. The van der Waals surface area contributed by atoms with Crippen molar-refractivity contribution in [2.75, 3.05) is 11.9 Å². The lowest BCUT2D eigenvalue weighted by molar-refractivity contribution is -0.286. The van der Waals surface area contributed by atoms with E-state index in [-0.39, 0.29) is 29.4 Å². The first-order chi connectivity index (χ1) is 15.9. The third kappa shape index (κ3) is 3.70. The van der Waals surface area contributed by atoms with Crippen LogP contribution in [0.15, 0.2) is 36.4 Å². The van der Waals surface area contributed by atoms with Gasteiger partial charge >= 0.3 is 6.29 Å². The molecule has 0 bridgehead atoms. The van der Waals surface area contributed by atoms with Crippen LogP contribution in [-0.2, 0) is 22.2 Å². The van der Waals surface area contributed by atoms with Crippen molar-refractivity contribution in [2.24, 2.45) is 0 Å². The second-order valence-corrected chi connectivity index (χ2v) is 10.2. The van der Waals surface area contributed by atoms with Crippen LogP contribution in [0.2, 0.25) is 0 Å². The molecule has 2 heterocycles. The summed E-state index contributed by atoms with van der Waals surface area (Å²) in [6, 6.07) is 10.6. The summed E-state index contributed by atoms with van der Waals surface area (Å²) in [4.78, 5) is 13.4. The number of aromatic nitrogens is 1. The van der Waals surface area contributed by atoms with Crippen LogP contribution in [0.1, 0.15) is 50.4 Å². The summed E-state index contributed by atoms with van der Waals surface area (Å²) in [6.45, 7) is 8.85. The minimum atomic E-state index is -3.69. The van der Waals surface area contributed by atoms with E-state index in [0.717, 1.165) is 22.2 Å². The zero-order chi connectivity index (χ0) is 24.5. The lowest BCUT2D eigenvalue weighted by Gasteiger charge is -2.22. The Morgan fingerprint density at radius 3 is 2.47 bits per heavy atom. The van der Waals surface area contributed by atoms with Gasteiger partial charge in [0, 0.05) is 34.2 Å². The van der Waals surface area contributed by atoms with Crippen molar-refractivity contribution < 1.29 is 28.2 Å². The van der Waals surface area contributed by atoms with Gasteiger partial charge in [-0.1, -0.05) is 26.8 Å². The molecule has 2 aliphatic rings. The second kappa shape index (κ2) is 7.43. The molecule has 0 atom stereocenters. The van der Waals surface area contributed by atoms with Gasteiger partial charge in [-0.05, 0) is 61.2 Å². The molecule has 6 nitrogen and oxygen atoms in total. The molecule has 180 valence electrons. The molecule has 2 aromatic carbocycles. The predicted octanol–water partition coefficient (Wildman–Crippen LogP) is 5.23. The fourth-order valence-corrected chi connectivity index (χ4v) is 4.77. The van der Waals surface area contributed by atoms with Crippen LogP contribution in [0.25, 0.3) is 10.9 Å². The van der Waals surface area contributed by atoms with Gasteiger partial charge < -0.3 is 24.5 Å². The van der Waals surface area contributed by atoms with E-state index in [1.54, 1.807) is 6.07 Å². The van der Waals surface area contributed by atoms with E-state index in [0.29, 0.717) is 30.6 Å². The molecule has 0 unspecified atom stereocenters. The minimum absolute atomic E-state index is 0.0340. The average molecular weight is 471 g/mol. The number of hydrogen-bond donors (Lipinski definition) is 2. The standard InChI is InChI=1S/C26H28F2N2O4/c1-15-11-19-16(13-22(24(2,3)4)30(19)9-10-31)12-18(15)29-23(32)25(7-8-25)17-5-6-20-21(14-17)34-26(27,28)33-20/h5-6,11-14,31H,7-10H2,1-4H3,(H,29,32). The highest BCUT2D eigenvalue weighted by molar-refractivity contribution is 6.03. The van der Waals surface area contributed by atoms with Gasteiger partial charge in [0.05, 0.1) is 12.0 Å². The number of hydrogen-bond acceptors (Lipinski definition) is 4. The molecule has 1 saturated carbocycles. The van der Waals surface area contributed by atoms with Gasteiger partial charge in [0.15, 0.2) is 11.5 Å². The zero-order valence-electron chi connectivity index (χ0n) is 19.7. The average Bonchev–Trinajstić information content (AvgIpc) is 3.39. The number of aliphatic hydroxyl groups excluding tert-OH is 1. The van der Waals surface area contributed by atoms with E-state index in [4.69, 9.17) is 0 Å². The molecule has 34 heavy (non-hydrogen) atoms. The molecule has 8 heteroatoms. The number of nitrogens with zero attached hydrogens (tertiary/aromatic N) is 1. The number of alkyl halides is 2. The number of nitrogens with one attached hydrogen (secondary N) is 1. The van der Waals surface area contributed by atoms with Crippen LogP contribution in [0.3, 0.4) is 0 Å². The number of ether oxygens (including phenoxy) is 2. The summed E-state index contributed by atoms with van der Waals surface area (Å²) >= 11 is 0. The van der Waals surface area contributed by atoms with Gasteiger partial charge in [-0.15, -0.1) is 8.78 Å². The first-order valence-electron chi connectivity index (χ1n) is 11.4. The van der Waals surface area contributed by atoms with Crippen LogP contribution < -0.4 is 14.8 Å². The van der Waals surface area contributed by atoms with E-state index >= 15 is 0 Å². The zero-order valence-corrected chi connectivity index (χ0v) is 19.7. The molecular formula is C26H28F2N2O4. The Balaban J connectivity index is 1.46. The summed E-state index contributed by atoms with van der Waals surface area (Å²) in [7, 11) is 0. The van der Waals surface area contributed by atoms with E-state index in [2.05, 4.69) is 46.2 Å². The van der Waals surface area contributed by atoms with E-state index in [9.17, 15) is 18.7 Å². The molecule has 1 fully saturated rings. The number of amides is 1. The summed E-state index contributed by atoms with van der Waals surface area (Å²) in [5.74, 6) is -0.265. The van der Waals surface area contributed by atoms with Crippen LogP contribution >= 0.6 is 0 Å². The molecule has 3 aromatic rings. The van der Waals surface area contributed by atoms with E-state index < -0.39 is 11.7 Å². The summed E-state index contributed by atoms with van der Waals surface area (Å²) < 4.78 is 38.0. The molecule has 1 aromatic heterocycles. The highest BCUT2D eigenvalue weighted by Crippen LogP contribution is 2.52. The summed E-state index contributed by atoms with van der Waals surface area (Å²) in [6.07, 6.45) is -2.45. The Morgan fingerprint density at radius 2 is 1.82 bits per heavy atom. The van der Waals surface area contributed by atoms with E-state index in [1.165, 1.54) is 12.1 Å². The monoisotopic (exact) mass is 470 g/mol. The Hall–Kier alpha value is -3.13. The Kier molecular flexibility index (Phi) is 4.95. The van der Waals surface area contributed by atoms with Gasteiger partial charge in [0.25, 0.3) is 0 Å². The number of aryl methyl sites for hydroxylation is 1. The van der Waals surface area contributed by atoms with Crippen molar-refractivity contribution in [3.05, 3.63) is 53.2 Å². The van der Waals surface area contributed by atoms with Gasteiger partial charge in [-0.3, -0.25) is 4.79 Å². The Morgan fingerprint density at radius 1 is 1.12 bits per heavy atom. The highest BCUT2D eigenvalue weighted by atomic mass is 19.3. The lowest BCUT2D eigenvalue weighted by Crippen LogP contribution is -2.28. The topological polar surface area (TPSA) is 72.7 Å². The van der Waals surface area contributed by atoms with Crippen molar-refractivity contribution >= 4 is 22.5 Å². The number of halogens is 2. The minimum Gasteiger partial charge on any atom is -0.395 e. The number of anilines is 1. The predicted molar refractivity (Wildman–Crippen MR) is 125 cm³/mol. The van der Waals surface area contributed by atoms with Crippen LogP contribution in [0.4, 0.5) is 14.5 Å². The number of aliphatic hydroxyl groups is 1. The quantitative estimate of drug-likeness (QED) is 0.536. The van der Waals surface area contributed by atoms with Crippen LogP contribution in [0.5, 0.6) is 11.5 Å². The number of fused-ring (bicyclic) bond motifs is 2. The molecule has 0 radical (unpaired) electrons. The van der Waals surface area contributed by atoms with E-state index in [1.807, 2.05) is 19.1 Å². The third-order valence-corrected chi connectivity index (χ3v) is 6.73. The SMILES string of the molecule is Cc1cc2c(cc1NC(=O)C1(c3ccc4c(c3)OC(F)(F)O4)CC1)cc(C(C)(C)C)n2CCO. The van der Waals surface area contributed by atoms with Crippen molar-refractivity contribution in [3.63, 3.8) is 0 Å². The maximum Gasteiger partial charge on any atom is 0.586 e. The molecule has 0 saturated heterocycles. The highest BCUT2D eigenvalue weighted by Gasteiger charge is 2.53. The molecule has 0 spiro atoms. The number of carbonyl (C=O) groups is 1. The van der Waals surface area contributed by atoms with Crippen molar-refractivity contribution in [1.82, 2.24) is 4.57 Å².